The van der Waals surface area contributed by atoms with E-state index in [1.807, 2.05) is 55.1 Å². The smallest absolute Gasteiger partial charge is 0.242 e. The van der Waals surface area contributed by atoms with E-state index in [4.69, 9.17) is 0 Å². The number of anilines is 1. The summed E-state index contributed by atoms with van der Waals surface area (Å²) in [6.45, 7) is 5.21. The lowest BCUT2D eigenvalue weighted by Crippen LogP contribution is -2.37. The summed E-state index contributed by atoms with van der Waals surface area (Å²) in [6.07, 6.45) is 3.62. The van der Waals surface area contributed by atoms with E-state index in [-0.39, 0.29) is 11.9 Å². The second-order valence-electron chi connectivity index (χ2n) is 4.65. The zero-order valence-electron chi connectivity index (χ0n) is 11.8. The van der Waals surface area contributed by atoms with E-state index in [9.17, 15) is 4.79 Å². The molecule has 1 amide bonds. The Morgan fingerprint density at radius 1 is 1.35 bits per heavy atom. The molecule has 0 aliphatic carbocycles. The number of carbonyl (C=O) groups excluding carboxylic acids is 1. The minimum Gasteiger partial charge on any atom is -0.371 e. The third kappa shape index (κ3) is 3.85. The van der Waals surface area contributed by atoms with Gasteiger partial charge in [-0.05, 0) is 19.4 Å². The largest absolute Gasteiger partial charge is 0.371 e. The number of carbonyl (C=O) groups is 1. The molecule has 0 unspecified atom stereocenters. The van der Waals surface area contributed by atoms with Crippen LogP contribution in [0.3, 0.4) is 0 Å². The fourth-order valence-corrected chi connectivity index (χ4v) is 1.86. The quantitative estimate of drug-likeness (QED) is 0.846. The fourth-order valence-electron chi connectivity index (χ4n) is 1.86. The number of aromatic nitrogens is 2. The second-order valence-corrected chi connectivity index (χ2v) is 4.65. The lowest BCUT2D eigenvalue weighted by Gasteiger charge is -2.13. The molecule has 0 spiro atoms. The highest BCUT2D eigenvalue weighted by molar-refractivity contribution is 5.84. The molecule has 1 atom stereocenters. The lowest BCUT2D eigenvalue weighted by atomic mass is 10.2. The van der Waals surface area contributed by atoms with Crippen molar-refractivity contribution in [2.24, 2.45) is 0 Å². The molecule has 0 aliphatic heterocycles. The number of rotatable bonds is 6. The van der Waals surface area contributed by atoms with Crippen molar-refractivity contribution in [2.45, 2.75) is 33.0 Å². The first-order chi connectivity index (χ1) is 9.69. The van der Waals surface area contributed by atoms with E-state index in [1.54, 1.807) is 6.20 Å². The average molecular weight is 272 g/mol. The van der Waals surface area contributed by atoms with E-state index in [0.717, 1.165) is 17.8 Å². The monoisotopic (exact) mass is 272 g/mol. The van der Waals surface area contributed by atoms with Crippen LogP contribution in [-0.4, -0.2) is 21.7 Å². The molecule has 2 N–H and O–H groups in total. The fraction of sp³-hybridized carbons (Fsp3) is 0.333. The third-order valence-electron chi connectivity index (χ3n) is 3.04. The van der Waals surface area contributed by atoms with Gasteiger partial charge >= 0.3 is 0 Å². The van der Waals surface area contributed by atoms with Crippen LogP contribution in [0.1, 0.15) is 19.4 Å². The molecule has 1 heterocycles. The predicted molar refractivity (Wildman–Crippen MR) is 79.3 cm³/mol. The van der Waals surface area contributed by atoms with Crippen LogP contribution in [0.15, 0.2) is 42.7 Å². The van der Waals surface area contributed by atoms with Crippen molar-refractivity contribution in [3.63, 3.8) is 0 Å². The van der Waals surface area contributed by atoms with Gasteiger partial charge in [0, 0.05) is 19.3 Å². The van der Waals surface area contributed by atoms with Crippen LogP contribution in [0.25, 0.3) is 0 Å². The maximum Gasteiger partial charge on any atom is 0.242 e. The van der Waals surface area contributed by atoms with Crippen molar-refractivity contribution < 1.29 is 4.79 Å². The number of benzene rings is 1. The summed E-state index contributed by atoms with van der Waals surface area (Å²) in [4.78, 5) is 12.0. The number of nitrogens with one attached hydrogen (secondary N) is 2. The molecule has 0 bridgehead atoms. The maximum atomic E-state index is 12.0. The van der Waals surface area contributed by atoms with Gasteiger partial charge in [-0.15, -0.1) is 0 Å². The van der Waals surface area contributed by atoms with E-state index in [0.29, 0.717) is 6.54 Å². The standard InChI is InChI=1S/C15H20N4O/c1-3-19-11-14(10-17-19)18-12(2)15(20)16-9-13-7-5-4-6-8-13/h4-8,10-12,18H,3,9H2,1-2H3,(H,16,20)/t12-/m1/s1. The topological polar surface area (TPSA) is 59.0 Å². The Bertz CT molecular complexity index is 550. The first-order valence-corrected chi connectivity index (χ1v) is 6.79. The van der Waals surface area contributed by atoms with Crippen LogP contribution in [-0.2, 0) is 17.9 Å². The second kappa shape index (κ2) is 6.75. The summed E-state index contributed by atoms with van der Waals surface area (Å²) in [5.41, 5.74) is 1.95. The van der Waals surface area contributed by atoms with E-state index >= 15 is 0 Å². The number of nitrogens with zero attached hydrogens (tertiary/aromatic N) is 2. The average Bonchev–Trinajstić information content (AvgIpc) is 2.93. The van der Waals surface area contributed by atoms with Gasteiger partial charge in [-0.25, -0.2) is 0 Å². The number of hydrogen-bond acceptors (Lipinski definition) is 3. The molecule has 2 aromatic rings. The van der Waals surface area contributed by atoms with E-state index in [2.05, 4.69) is 15.7 Å². The first-order valence-electron chi connectivity index (χ1n) is 6.79. The molecular weight excluding hydrogens is 252 g/mol. The Balaban J connectivity index is 1.82. The molecular formula is C15H20N4O. The van der Waals surface area contributed by atoms with Crippen molar-refractivity contribution in [3.8, 4) is 0 Å². The summed E-state index contributed by atoms with van der Waals surface area (Å²) in [7, 11) is 0. The Morgan fingerprint density at radius 2 is 2.10 bits per heavy atom. The summed E-state index contributed by atoms with van der Waals surface area (Å²) in [5.74, 6) is -0.0295. The first kappa shape index (κ1) is 14.1. The summed E-state index contributed by atoms with van der Waals surface area (Å²) >= 11 is 0. The van der Waals surface area contributed by atoms with Gasteiger partial charge in [-0.3, -0.25) is 9.48 Å². The van der Waals surface area contributed by atoms with Gasteiger partial charge < -0.3 is 10.6 Å². The minimum absolute atomic E-state index is 0.0295. The van der Waals surface area contributed by atoms with Crippen molar-refractivity contribution in [3.05, 3.63) is 48.3 Å². The van der Waals surface area contributed by atoms with Crippen LogP contribution >= 0.6 is 0 Å². The molecule has 0 fully saturated rings. The maximum absolute atomic E-state index is 12.0. The molecule has 0 saturated carbocycles. The van der Waals surface area contributed by atoms with Crippen LogP contribution < -0.4 is 10.6 Å². The van der Waals surface area contributed by atoms with Gasteiger partial charge in [0.05, 0.1) is 11.9 Å². The summed E-state index contributed by atoms with van der Waals surface area (Å²) in [5, 5.41) is 10.2. The summed E-state index contributed by atoms with van der Waals surface area (Å²) < 4.78 is 1.82. The Morgan fingerprint density at radius 3 is 2.75 bits per heavy atom. The molecule has 1 aromatic carbocycles. The molecule has 20 heavy (non-hydrogen) atoms. The number of aryl methyl sites for hydroxylation is 1. The molecule has 5 nitrogen and oxygen atoms in total. The van der Waals surface area contributed by atoms with Crippen molar-refractivity contribution >= 4 is 11.6 Å². The molecule has 106 valence electrons. The van der Waals surface area contributed by atoms with Crippen LogP contribution in [0, 0.1) is 0 Å². The van der Waals surface area contributed by atoms with Crippen molar-refractivity contribution in [1.29, 1.82) is 0 Å². The summed E-state index contributed by atoms with van der Waals surface area (Å²) in [6, 6.07) is 9.56. The van der Waals surface area contributed by atoms with Gasteiger partial charge in [0.2, 0.25) is 5.91 Å². The number of hydrogen-bond donors (Lipinski definition) is 2. The van der Waals surface area contributed by atoms with Crippen molar-refractivity contribution in [1.82, 2.24) is 15.1 Å². The lowest BCUT2D eigenvalue weighted by molar-refractivity contribution is -0.121. The van der Waals surface area contributed by atoms with Gasteiger partial charge in [-0.2, -0.15) is 5.10 Å². The molecule has 0 radical (unpaired) electrons. The van der Waals surface area contributed by atoms with Gasteiger partial charge in [-0.1, -0.05) is 30.3 Å². The highest BCUT2D eigenvalue weighted by Crippen LogP contribution is 2.07. The van der Waals surface area contributed by atoms with Crippen LogP contribution in [0.4, 0.5) is 5.69 Å². The molecule has 0 saturated heterocycles. The van der Waals surface area contributed by atoms with Gasteiger partial charge in [0.15, 0.2) is 0 Å². The van der Waals surface area contributed by atoms with Crippen LogP contribution in [0.2, 0.25) is 0 Å². The van der Waals surface area contributed by atoms with E-state index < -0.39 is 0 Å². The zero-order chi connectivity index (χ0) is 14.4. The molecule has 0 aliphatic rings. The number of amides is 1. The van der Waals surface area contributed by atoms with E-state index in [1.165, 1.54) is 0 Å². The molecule has 5 heteroatoms. The van der Waals surface area contributed by atoms with Crippen LogP contribution in [0.5, 0.6) is 0 Å². The zero-order valence-corrected chi connectivity index (χ0v) is 11.8. The minimum atomic E-state index is -0.298. The van der Waals surface area contributed by atoms with Gasteiger partial charge in [0.1, 0.15) is 6.04 Å². The Hall–Kier alpha value is -2.30. The highest BCUT2D eigenvalue weighted by Gasteiger charge is 2.12. The van der Waals surface area contributed by atoms with Crippen molar-refractivity contribution in [2.75, 3.05) is 5.32 Å². The van der Waals surface area contributed by atoms with Gasteiger partial charge in [0.25, 0.3) is 0 Å². The molecule has 2 rings (SSSR count). The SMILES string of the molecule is CCn1cc(N[C@H](C)C(=O)NCc2ccccc2)cn1. The molecule has 1 aromatic heterocycles. The Labute approximate surface area is 119 Å². The predicted octanol–water partition coefficient (Wildman–Crippen LogP) is 2.02. The highest BCUT2D eigenvalue weighted by atomic mass is 16.2. The Kier molecular flexibility index (Phi) is 4.76. The third-order valence-corrected chi connectivity index (χ3v) is 3.04. The normalized spacial score (nSPS) is 11.9.